The summed E-state index contributed by atoms with van der Waals surface area (Å²) in [5, 5.41) is 12.1. The smallest absolute Gasteiger partial charge is 0.358 e. The standard InChI is InChI=1S/C22H19ClN6O3S/c1-26-13-24-20(29(31)32)21(26)27-8-10-28(11-9-27)22(30)15-12-17(18-6-7-19(23)33-18)25-16-5-3-2-4-14(15)16/h2-7,12-13H,8-11H2,1H3. The van der Waals surface area contributed by atoms with E-state index in [1.807, 2.05) is 47.4 Å². The van der Waals surface area contributed by atoms with E-state index in [1.165, 1.54) is 17.7 Å². The Bertz CT molecular complexity index is 1380. The normalized spacial score (nSPS) is 14.1. The fourth-order valence-electron chi connectivity index (χ4n) is 4.13. The molecule has 0 N–H and O–H groups in total. The molecule has 1 saturated heterocycles. The Morgan fingerprint density at radius 1 is 1.15 bits per heavy atom. The largest absolute Gasteiger partial charge is 0.406 e. The summed E-state index contributed by atoms with van der Waals surface area (Å²) in [4.78, 5) is 37.6. The second-order valence-corrected chi connectivity index (χ2v) is 9.43. The Balaban J connectivity index is 1.43. The lowest BCUT2D eigenvalue weighted by Gasteiger charge is -2.35. The van der Waals surface area contributed by atoms with Crippen molar-refractivity contribution in [2.45, 2.75) is 0 Å². The number of anilines is 1. The number of para-hydroxylation sites is 1. The van der Waals surface area contributed by atoms with Crippen LogP contribution in [0.2, 0.25) is 4.34 Å². The third-order valence-electron chi connectivity index (χ3n) is 5.70. The molecule has 0 atom stereocenters. The second kappa shape index (κ2) is 8.45. The number of nitrogens with zero attached hydrogens (tertiary/aromatic N) is 6. The van der Waals surface area contributed by atoms with Crippen LogP contribution >= 0.6 is 22.9 Å². The Labute approximate surface area is 198 Å². The van der Waals surface area contributed by atoms with Gasteiger partial charge in [0.05, 0.1) is 26.0 Å². The van der Waals surface area contributed by atoms with Crippen molar-refractivity contribution < 1.29 is 9.72 Å². The van der Waals surface area contributed by atoms with E-state index in [0.717, 1.165) is 15.8 Å². The number of hydrogen-bond acceptors (Lipinski definition) is 7. The number of nitro groups is 1. The summed E-state index contributed by atoms with van der Waals surface area (Å²) in [5.74, 6) is 0.201. The number of thiophene rings is 1. The topological polar surface area (TPSA) is 97.4 Å². The number of pyridine rings is 1. The van der Waals surface area contributed by atoms with Gasteiger partial charge in [-0.3, -0.25) is 9.36 Å². The van der Waals surface area contributed by atoms with Crippen molar-refractivity contribution in [3.05, 3.63) is 68.8 Å². The average Bonchev–Trinajstić information content (AvgIpc) is 3.43. The van der Waals surface area contributed by atoms with Crippen LogP contribution in [-0.2, 0) is 7.05 Å². The van der Waals surface area contributed by atoms with Crippen molar-refractivity contribution in [1.82, 2.24) is 19.4 Å². The van der Waals surface area contributed by atoms with Crippen LogP contribution in [0.25, 0.3) is 21.5 Å². The maximum atomic E-state index is 13.6. The summed E-state index contributed by atoms with van der Waals surface area (Å²) in [6.45, 7) is 1.83. The monoisotopic (exact) mass is 482 g/mol. The maximum Gasteiger partial charge on any atom is 0.406 e. The second-order valence-electron chi connectivity index (χ2n) is 7.72. The number of rotatable bonds is 4. The zero-order valence-electron chi connectivity index (χ0n) is 17.6. The third-order valence-corrected chi connectivity index (χ3v) is 6.95. The van der Waals surface area contributed by atoms with E-state index >= 15 is 0 Å². The molecule has 1 amide bonds. The quantitative estimate of drug-likeness (QED) is 0.319. The van der Waals surface area contributed by atoms with Gasteiger partial charge < -0.3 is 19.9 Å². The lowest BCUT2D eigenvalue weighted by atomic mass is 10.1. The number of aromatic nitrogens is 3. The van der Waals surface area contributed by atoms with Crippen LogP contribution in [0.5, 0.6) is 0 Å². The number of imidazole rings is 1. The molecule has 0 bridgehead atoms. The first kappa shape index (κ1) is 21.4. The predicted molar refractivity (Wildman–Crippen MR) is 128 cm³/mol. The molecule has 1 fully saturated rings. The molecule has 33 heavy (non-hydrogen) atoms. The Kier molecular flexibility index (Phi) is 5.47. The van der Waals surface area contributed by atoms with Gasteiger partial charge in [-0.05, 0) is 34.2 Å². The van der Waals surface area contributed by atoms with Gasteiger partial charge in [0, 0.05) is 38.6 Å². The van der Waals surface area contributed by atoms with Crippen LogP contribution in [-0.4, -0.2) is 56.4 Å². The summed E-state index contributed by atoms with van der Waals surface area (Å²) in [6, 6.07) is 13.1. The molecule has 0 radical (unpaired) electrons. The highest BCUT2D eigenvalue weighted by atomic mass is 35.5. The molecule has 0 spiro atoms. The number of benzene rings is 1. The molecule has 5 rings (SSSR count). The number of amides is 1. The van der Waals surface area contributed by atoms with Gasteiger partial charge >= 0.3 is 5.82 Å². The van der Waals surface area contributed by atoms with Gasteiger partial charge in [-0.15, -0.1) is 11.3 Å². The first-order valence-electron chi connectivity index (χ1n) is 10.3. The SMILES string of the molecule is Cn1cnc([N+](=O)[O-])c1N1CCN(C(=O)c2cc(-c3ccc(Cl)s3)nc3ccccc23)CC1. The van der Waals surface area contributed by atoms with Crippen molar-refractivity contribution in [3.8, 4) is 10.6 Å². The van der Waals surface area contributed by atoms with Crippen LogP contribution in [0.4, 0.5) is 11.6 Å². The molecule has 4 heterocycles. The van der Waals surface area contributed by atoms with Crippen molar-refractivity contribution in [2.75, 3.05) is 31.1 Å². The predicted octanol–water partition coefficient (Wildman–Crippen LogP) is 4.22. The van der Waals surface area contributed by atoms with Crippen LogP contribution in [0.15, 0.2) is 48.8 Å². The number of hydrogen-bond donors (Lipinski definition) is 0. The lowest BCUT2D eigenvalue weighted by molar-refractivity contribution is -0.388. The number of piperazine rings is 1. The lowest BCUT2D eigenvalue weighted by Crippen LogP contribution is -2.49. The molecule has 4 aromatic rings. The zero-order valence-corrected chi connectivity index (χ0v) is 19.2. The highest BCUT2D eigenvalue weighted by molar-refractivity contribution is 7.19. The molecule has 0 aliphatic carbocycles. The molecular formula is C22H19ClN6O3S. The molecule has 1 aromatic carbocycles. The van der Waals surface area contributed by atoms with Gasteiger partial charge in [0.2, 0.25) is 12.1 Å². The summed E-state index contributed by atoms with van der Waals surface area (Å²) >= 11 is 7.53. The minimum absolute atomic E-state index is 0.0864. The van der Waals surface area contributed by atoms with E-state index in [9.17, 15) is 14.9 Å². The minimum Gasteiger partial charge on any atom is -0.358 e. The van der Waals surface area contributed by atoms with E-state index in [2.05, 4.69) is 4.98 Å². The van der Waals surface area contributed by atoms with E-state index in [-0.39, 0.29) is 11.7 Å². The van der Waals surface area contributed by atoms with Gasteiger partial charge in [-0.25, -0.2) is 4.98 Å². The van der Waals surface area contributed by atoms with Gasteiger partial charge in [-0.2, -0.15) is 0 Å². The van der Waals surface area contributed by atoms with Gasteiger partial charge in [0.1, 0.15) is 0 Å². The first-order valence-corrected chi connectivity index (χ1v) is 11.5. The van der Waals surface area contributed by atoms with E-state index in [4.69, 9.17) is 16.6 Å². The highest BCUT2D eigenvalue weighted by Crippen LogP contribution is 2.33. The summed E-state index contributed by atoms with van der Waals surface area (Å²) in [5.41, 5.74) is 2.03. The number of halogens is 1. The Morgan fingerprint density at radius 3 is 2.61 bits per heavy atom. The van der Waals surface area contributed by atoms with Gasteiger partial charge in [0.15, 0.2) is 0 Å². The molecule has 168 valence electrons. The molecule has 11 heteroatoms. The fraction of sp³-hybridized carbons (Fsp3) is 0.227. The Morgan fingerprint density at radius 2 is 1.91 bits per heavy atom. The molecule has 3 aromatic heterocycles. The fourth-order valence-corrected chi connectivity index (χ4v) is 5.13. The summed E-state index contributed by atoms with van der Waals surface area (Å²) in [7, 11) is 1.73. The number of fused-ring (bicyclic) bond motifs is 1. The van der Waals surface area contributed by atoms with E-state index < -0.39 is 4.92 Å². The van der Waals surface area contributed by atoms with Gasteiger partial charge in [0.25, 0.3) is 5.91 Å². The highest BCUT2D eigenvalue weighted by Gasteiger charge is 2.30. The Hall–Kier alpha value is -3.50. The number of aryl methyl sites for hydroxylation is 1. The maximum absolute atomic E-state index is 13.6. The molecule has 1 aliphatic heterocycles. The summed E-state index contributed by atoms with van der Waals surface area (Å²) < 4.78 is 2.30. The van der Waals surface area contributed by atoms with E-state index in [1.54, 1.807) is 16.5 Å². The van der Waals surface area contributed by atoms with Crippen molar-refractivity contribution in [3.63, 3.8) is 0 Å². The number of carbonyl (C=O) groups is 1. The molecular weight excluding hydrogens is 464 g/mol. The number of carbonyl (C=O) groups excluding carboxylic acids is 1. The average molecular weight is 483 g/mol. The minimum atomic E-state index is -0.478. The molecule has 9 nitrogen and oxygen atoms in total. The third kappa shape index (κ3) is 3.91. The molecule has 0 saturated carbocycles. The molecule has 0 unspecified atom stereocenters. The van der Waals surface area contributed by atoms with Crippen LogP contribution in [0.1, 0.15) is 10.4 Å². The van der Waals surface area contributed by atoms with Crippen LogP contribution in [0, 0.1) is 10.1 Å². The molecule has 1 aliphatic rings. The van der Waals surface area contributed by atoms with E-state index in [0.29, 0.717) is 47.6 Å². The van der Waals surface area contributed by atoms with Crippen LogP contribution in [0.3, 0.4) is 0 Å². The zero-order chi connectivity index (χ0) is 23.1. The van der Waals surface area contributed by atoms with Crippen molar-refractivity contribution in [1.29, 1.82) is 0 Å². The van der Waals surface area contributed by atoms with Gasteiger partial charge in [-0.1, -0.05) is 29.8 Å². The van der Waals surface area contributed by atoms with Crippen LogP contribution < -0.4 is 4.90 Å². The van der Waals surface area contributed by atoms with Crippen molar-refractivity contribution >= 4 is 51.4 Å². The van der Waals surface area contributed by atoms with Crippen molar-refractivity contribution in [2.24, 2.45) is 7.05 Å². The summed E-state index contributed by atoms with van der Waals surface area (Å²) in [6.07, 6.45) is 1.44. The first-order chi connectivity index (χ1) is 15.9.